The lowest BCUT2D eigenvalue weighted by Crippen LogP contribution is -2.46. The maximum atomic E-state index is 13.1. The first-order valence-electron chi connectivity index (χ1n) is 10.7. The number of fused-ring (bicyclic) bond motifs is 1. The molecule has 30 heavy (non-hydrogen) atoms. The van der Waals surface area contributed by atoms with E-state index in [0.717, 1.165) is 29.8 Å². The normalized spacial score (nSPS) is 18.9. The maximum Gasteiger partial charge on any atom is 0.227 e. The summed E-state index contributed by atoms with van der Waals surface area (Å²) in [6.07, 6.45) is 6.49. The summed E-state index contributed by atoms with van der Waals surface area (Å²) in [5.41, 5.74) is 2.38. The molecule has 0 spiro atoms. The topological polar surface area (TPSA) is 53.5 Å². The molecule has 1 saturated heterocycles. The number of hydrogen-bond acceptors (Lipinski definition) is 4. The van der Waals surface area contributed by atoms with Crippen LogP contribution in [-0.2, 0) is 35.4 Å². The van der Waals surface area contributed by atoms with E-state index in [9.17, 15) is 9.59 Å². The van der Waals surface area contributed by atoms with Crippen LogP contribution in [-0.4, -0.2) is 46.7 Å². The van der Waals surface area contributed by atoms with Gasteiger partial charge in [-0.1, -0.05) is 23.7 Å². The second-order valence-electron chi connectivity index (χ2n) is 8.33. The first-order chi connectivity index (χ1) is 14.5. The summed E-state index contributed by atoms with van der Waals surface area (Å²) in [7, 11) is 1.86. The van der Waals surface area contributed by atoms with Crippen molar-refractivity contribution in [2.24, 2.45) is 5.92 Å². The van der Waals surface area contributed by atoms with Gasteiger partial charge < -0.3 is 9.80 Å². The van der Waals surface area contributed by atoms with E-state index in [4.69, 9.17) is 16.6 Å². The zero-order chi connectivity index (χ0) is 21.1. The van der Waals surface area contributed by atoms with E-state index < -0.39 is 0 Å². The number of aryl methyl sites for hydroxylation is 2. The Morgan fingerprint density at radius 1 is 1.23 bits per heavy atom. The fraction of sp³-hybridized carbons (Fsp3) is 0.522. The molecule has 1 atom stereocenters. The Bertz CT molecular complexity index is 888. The highest BCUT2D eigenvalue weighted by Crippen LogP contribution is 2.28. The van der Waals surface area contributed by atoms with Crippen LogP contribution < -0.4 is 0 Å². The summed E-state index contributed by atoms with van der Waals surface area (Å²) < 4.78 is 0. The van der Waals surface area contributed by atoms with Crippen LogP contribution in [0.2, 0.25) is 5.02 Å². The van der Waals surface area contributed by atoms with Crippen molar-refractivity contribution in [2.75, 3.05) is 20.1 Å². The number of rotatable bonds is 6. The molecule has 0 saturated carbocycles. The maximum absolute atomic E-state index is 13.1. The van der Waals surface area contributed by atoms with Crippen LogP contribution in [0.3, 0.4) is 0 Å². The van der Waals surface area contributed by atoms with Gasteiger partial charge in [-0.2, -0.15) is 0 Å². The molecular weight excluding hydrogens is 418 g/mol. The molecule has 2 aromatic rings. The van der Waals surface area contributed by atoms with Crippen molar-refractivity contribution >= 4 is 34.8 Å². The summed E-state index contributed by atoms with van der Waals surface area (Å²) in [4.78, 5) is 35.2. The second-order valence-corrected chi connectivity index (χ2v) is 9.94. The van der Waals surface area contributed by atoms with Crippen LogP contribution in [0.4, 0.5) is 0 Å². The highest BCUT2D eigenvalue weighted by Gasteiger charge is 2.32. The monoisotopic (exact) mass is 445 g/mol. The molecule has 1 fully saturated rings. The van der Waals surface area contributed by atoms with Crippen LogP contribution in [0.1, 0.15) is 46.8 Å². The highest BCUT2D eigenvalue weighted by atomic mass is 35.5. The number of hydrogen-bond donors (Lipinski definition) is 0. The van der Waals surface area contributed by atoms with Crippen molar-refractivity contribution in [1.29, 1.82) is 0 Å². The van der Waals surface area contributed by atoms with Crippen LogP contribution in [0.15, 0.2) is 24.3 Å². The summed E-state index contributed by atoms with van der Waals surface area (Å²) in [6.45, 7) is 1.70. The Morgan fingerprint density at radius 2 is 2.00 bits per heavy atom. The number of aromatic nitrogens is 1. The number of thiazole rings is 1. The zero-order valence-corrected chi connectivity index (χ0v) is 19.0. The Morgan fingerprint density at radius 3 is 2.77 bits per heavy atom. The zero-order valence-electron chi connectivity index (χ0n) is 17.4. The number of carbonyl (C=O) groups is 2. The predicted octanol–water partition coefficient (Wildman–Crippen LogP) is 4.12. The number of amides is 2. The molecule has 7 heteroatoms. The molecule has 4 rings (SSSR count). The SMILES string of the molecule is CN(Cc1nc2c(s1)CCCC2)C(=O)[C@H]1CCC(=O)N(CCc2ccc(Cl)cc2)C1. The molecule has 160 valence electrons. The predicted molar refractivity (Wildman–Crippen MR) is 120 cm³/mol. The van der Waals surface area contributed by atoms with Crippen molar-refractivity contribution in [2.45, 2.75) is 51.5 Å². The van der Waals surface area contributed by atoms with Crippen molar-refractivity contribution in [3.05, 3.63) is 50.4 Å². The van der Waals surface area contributed by atoms with Gasteiger partial charge >= 0.3 is 0 Å². The minimum atomic E-state index is -0.132. The third-order valence-electron chi connectivity index (χ3n) is 6.07. The quantitative estimate of drug-likeness (QED) is 0.672. The molecule has 2 heterocycles. The molecule has 2 amide bonds. The first kappa shape index (κ1) is 21.3. The number of nitrogens with zero attached hydrogens (tertiary/aromatic N) is 3. The van der Waals surface area contributed by atoms with Crippen molar-refractivity contribution < 1.29 is 9.59 Å². The minimum Gasteiger partial charge on any atom is -0.342 e. The number of carbonyl (C=O) groups excluding carboxylic acids is 2. The van der Waals surface area contributed by atoms with Crippen LogP contribution >= 0.6 is 22.9 Å². The Balaban J connectivity index is 1.33. The lowest BCUT2D eigenvalue weighted by molar-refractivity contribution is -0.142. The third-order valence-corrected chi connectivity index (χ3v) is 7.47. The van der Waals surface area contributed by atoms with Crippen molar-refractivity contribution in [3.8, 4) is 0 Å². The van der Waals surface area contributed by atoms with Crippen molar-refractivity contribution in [3.63, 3.8) is 0 Å². The van der Waals surface area contributed by atoms with E-state index in [0.29, 0.717) is 37.5 Å². The van der Waals surface area contributed by atoms with Gasteiger partial charge in [0.15, 0.2) is 0 Å². The molecule has 5 nitrogen and oxygen atoms in total. The van der Waals surface area contributed by atoms with E-state index in [1.54, 1.807) is 16.2 Å². The summed E-state index contributed by atoms with van der Waals surface area (Å²) in [5, 5.41) is 1.74. The fourth-order valence-corrected chi connectivity index (χ4v) is 5.65. The minimum absolute atomic E-state index is 0.118. The highest BCUT2D eigenvalue weighted by molar-refractivity contribution is 7.11. The van der Waals surface area contributed by atoms with Crippen LogP contribution in [0, 0.1) is 5.92 Å². The lowest BCUT2D eigenvalue weighted by Gasteiger charge is -2.33. The van der Waals surface area contributed by atoms with Gasteiger partial charge in [0.05, 0.1) is 18.2 Å². The third kappa shape index (κ3) is 5.03. The average Bonchev–Trinajstić information content (AvgIpc) is 3.16. The van der Waals surface area contributed by atoms with E-state index in [2.05, 4.69) is 0 Å². The largest absolute Gasteiger partial charge is 0.342 e. The molecule has 0 radical (unpaired) electrons. The van der Waals surface area contributed by atoms with Gasteiger partial charge in [-0.15, -0.1) is 11.3 Å². The van der Waals surface area contributed by atoms with E-state index >= 15 is 0 Å². The van der Waals surface area contributed by atoms with Crippen LogP contribution in [0.25, 0.3) is 0 Å². The molecule has 1 aliphatic carbocycles. The van der Waals surface area contributed by atoms with E-state index in [1.807, 2.05) is 36.2 Å². The molecule has 0 N–H and O–H groups in total. The van der Waals surface area contributed by atoms with Crippen molar-refractivity contribution in [1.82, 2.24) is 14.8 Å². The molecule has 0 unspecified atom stereocenters. The van der Waals surface area contributed by atoms with Gasteiger partial charge in [0.1, 0.15) is 5.01 Å². The summed E-state index contributed by atoms with van der Waals surface area (Å²) in [5.74, 6) is 0.128. The number of benzene rings is 1. The van der Waals surface area contributed by atoms with Gasteiger partial charge in [-0.25, -0.2) is 4.98 Å². The molecule has 0 bridgehead atoms. The standard InChI is InChI=1S/C23H28ClN3O2S/c1-26(15-21-25-19-4-2-3-5-20(19)30-21)23(29)17-8-11-22(28)27(14-17)13-12-16-6-9-18(24)10-7-16/h6-7,9-10,17H,2-5,8,11-15H2,1H3/t17-/m0/s1. The summed E-state index contributed by atoms with van der Waals surface area (Å²) in [6, 6.07) is 7.71. The van der Waals surface area contributed by atoms with Gasteiger partial charge in [0, 0.05) is 36.5 Å². The van der Waals surface area contributed by atoms with Gasteiger partial charge in [0.2, 0.25) is 11.8 Å². The average molecular weight is 446 g/mol. The number of likely N-dealkylation sites (tertiary alicyclic amines) is 1. The molecule has 1 aromatic heterocycles. The fourth-order valence-electron chi connectivity index (χ4n) is 4.31. The lowest BCUT2D eigenvalue weighted by atomic mass is 9.95. The van der Waals surface area contributed by atoms with Gasteiger partial charge in [-0.05, 0) is 56.2 Å². The molecular formula is C23H28ClN3O2S. The summed E-state index contributed by atoms with van der Waals surface area (Å²) >= 11 is 7.70. The molecule has 1 aromatic carbocycles. The van der Waals surface area contributed by atoms with E-state index in [1.165, 1.54) is 23.4 Å². The van der Waals surface area contributed by atoms with E-state index in [-0.39, 0.29) is 17.7 Å². The smallest absolute Gasteiger partial charge is 0.227 e. The number of halogens is 1. The Labute approximate surface area is 187 Å². The van der Waals surface area contributed by atoms with Gasteiger partial charge in [0.25, 0.3) is 0 Å². The van der Waals surface area contributed by atoms with Crippen LogP contribution in [0.5, 0.6) is 0 Å². The molecule has 2 aliphatic rings. The second kappa shape index (κ2) is 9.48. The Kier molecular flexibility index (Phi) is 6.74. The molecule has 1 aliphatic heterocycles. The van der Waals surface area contributed by atoms with Gasteiger partial charge in [-0.3, -0.25) is 9.59 Å². The Hall–Kier alpha value is -1.92. The number of piperidine rings is 1. The first-order valence-corrected chi connectivity index (χ1v) is 11.9.